The number of hydrogen-bond acceptors (Lipinski definition) is 3. The Bertz CT molecular complexity index is 644. The maximum atomic E-state index is 6.30. The zero-order valence-electron chi connectivity index (χ0n) is 12.5. The minimum absolute atomic E-state index is 0.658. The molecule has 0 aliphatic rings. The predicted octanol–water partition coefficient (Wildman–Crippen LogP) is 5.25. The van der Waals surface area contributed by atoms with Crippen LogP contribution in [0.1, 0.15) is 31.5 Å². The van der Waals surface area contributed by atoms with Gasteiger partial charge in [-0.05, 0) is 38.0 Å². The molecular formula is C16H19BrClN3. The molecule has 0 radical (unpaired) electrons. The number of aryl methyl sites for hydroxylation is 1. The molecule has 5 heteroatoms. The molecule has 0 unspecified atom stereocenters. The molecule has 0 atom stereocenters. The second-order valence-electron chi connectivity index (χ2n) is 4.87. The van der Waals surface area contributed by atoms with E-state index < -0.39 is 0 Å². The number of benzene rings is 1. The van der Waals surface area contributed by atoms with E-state index in [0.29, 0.717) is 10.8 Å². The lowest BCUT2D eigenvalue weighted by Gasteiger charge is -2.13. The van der Waals surface area contributed by atoms with E-state index >= 15 is 0 Å². The highest BCUT2D eigenvalue weighted by atomic mass is 79.9. The van der Waals surface area contributed by atoms with Gasteiger partial charge in [-0.3, -0.25) is 0 Å². The van der Waals surface area contributed by atoms with Crippen LogP contribution in [0, 0.1) is 6.92 Å². The highest BCUT2D eigenvalue weighted by molar-refractivity contribution is 9.10. The average Bonchev–Trinajstić information content (AvgIpc) is 2.48. The maximum Gasteiger partial charge on any atom is 0.163 e. The summed E-state index contributed by atoms with van der Waals surface area (Å²) in [6.45, 7) is 7.19. The van der Waals surface area contributed by atoms with Gasteiger partial charge >= 0.3 is 0 Å². The van der Waals surface area contributed by atoms with E-state index in [1.807, 2.05) is 18.2 Å². The van der Waals surface area contributed by atoms with Crippen molar-refractivity contribution in [3.63, 3.8) is 0 Å². The second kappa shape index (κ2) is 7.23. The molecule has 21 heavy (non-hydrogen) atoms. The third-order valence-corrected chi connectivity index (χ3v) is 4.12. The summed E-state index contributed by atoms with van der Waals surface area (Å²) in [5.74, 6) is 1.57. The van der Waals surface area contributed by atoms with Gasteiger partial charge in [-0.25, -0.2) is 9.97 Å². The van der Waals surface area contributed by atoms with E-state index in [9.17, 15) is 0 Å². The molecule has 0 saturated heterocycles. The molecule has 0 saturated carbocycles. The van der Waals surface area contributed by atoms with Crippen molar-refractivity contribution in [1.29, 1.82) is 0 Å². The van der Waals surface area contributed by atoms with Crippen LogP contribution in [0.5, 0.6) is 0 Å². The van der Waals surface area contributed by atoms with E-state index in [1.54, 1.807) is 0 Å². The molecule has 1 aromatic heterocycles. The molecule has 3 nitrogen and oxygen atoms in total. The first-order chi connectivity index (χ1) is 10.1. The minimum Gasteiger partial charge on any atom is -0.370 e. The molecule has 1 aromatic carbocycles. The first-order valence-electron chi connectivity index (χ1n) is 7.13. The summed E-state index contributed by atoms with van der Waals surface area (Å²) in [7, 11) is 0. The molecule has 0 aliphatic heterocycles. The monoisotopic (exact) mass is 367 g/mol. The van der Waals surface area contributed by atoms with Gasteiger partial charge in [-0.1, -0.05) is 41.4 Å². The van der Waals surface area contributed by atoms with Crippen LogP contribution in [0.25, 0.3) is 11.4 Å². The van der Waals surface area contributed by atoms with Crippen LogP contribution in [0.4, 0.5) is 5.82 Å². The smallest absolute Gasteiger partial charge is 0.163 e. The standard InChI is InChI=1S/C16H19BrClN3/c1-4-8-19-15-10(3)14(5-2)20-16(21-15)12-9-11(17)6-7-13(12)18/h6-7,9H,4-5,8H2,1-3H3,(H,19,20,21). The first kappa shape index (κ1) is 16.2. The summed E-state index contributed by atoms with van der Waals surface area (Å²) < 4.78 is 0.965. The molecule has 2 rings (SSSR count). The number of nitrogens with one attached hydrogen (secondary N) is 1. The van der Waals surface area contributed by atoms with E-state index in [1.165, 1.54) is 0 Å². The lowest BCUT2D eigenvalue weighted by Crippen LogP contribution is -2.08. The fourth-order valence-corrected chi connectivity index (χ4v) is 2.68. The van der Waals surface area contributed by atoms with Crippen LogP contribution in [0.3, 0.4) is 0 Å². The number of halogens is 2. The van der Waals surface area contributed by atoms with Gasteiger partial charge in [0.1, 0.15) is 5.82 Å². The first-order valence-corrected chi connectivity index (χ1v) is 8.30. The van der Waals surface area contributed by atoms with Gasteiger partial charge in [0, 0.05) is 27.8 Å². The molecule has 2 aromatic rings. The third kappa shape index (κ3) is 3.74. The van der Waals surface area contributed by atoms with Crippen molar-refractivity contribution in [3.8, 4) is 11.4 Å². The highest BCUT2D eigenvalue weighted by Gasteiger charge is 2.13. The summed E-state index contributed by atoms with van der Waals surface area (Å²) >= 11 is 9.78. The van der Waals surface area contributed by atoms with Crippen molar-refractivity contribution in [3.05, 3.63) is 39.0 Å². The molecule has 0 amide bonds. The van der Waals surface area contributed by atoms with Gasteiger partial charge in [0.2, 0.25) is 0 Å². The normalized spacial score (nSPS) is 10.7. The van der Waals surface area contributed by atoms with Gasteiger partial charge in [-0.2, -0.15) is 0 Å². The van der Waals surface area contributed by atoms with Crippen molar-refractivity contribution in [2.24, 2.45) is 0 Å². The summed E-state index contributed by atoms with van der Waals surface area (Å²) in [6.07, 6.45) is 1.92. The van der Waals surface area contributed by atoms with Crippen LogP contribution < -0.4 is 5.32 Å². The molecule has 1 N–H and O–H groups in total. The quantitative estimate of drug-likeness (QED) is 0.783. The Kier molecular flexibility index (Phi) is 5.59. The Morgan fingerprint density at radius 1 is 1.24 bits per heavy atom. The van der Waals surface area contributed by atoms with Crippen molar-refractivity contribution in [1.82, 2.24) is 9.97 Å². The van der Waals surface area contributed by atoms with E-state index in [0.717, 1.165) is 46.5 Å². The van der Waals surface area contributed by atoms with Crippen LogP contribution in [0.2, 0.25) is 5.02 Å². The topological polar surface area (TPSA) is 37.8 Å². The van der Waals surface area contributed by atoms with Crippen molar-refractivity contribution in [2.75, 3.05) is 11.9 Å². The van der Waals surface area contributed by atoms with E-state index in [4.69, 9.17) is 11.6 Å². The number of hydrogen-bond donors (Lipinski definition) is 1. The lowest BCUT2D eigenvalue weighted by atomic mass is 10.1. The second-order valence-corrected chi connectivity index (χ2v) is 6.19. The molecule has 0 aliphatic carbocycles. The Morgan fingerprint density at radius 3 is 2.67 bits per heavy atom. The van der Waals surface area contributed by atoms with Crippen LogP contribution in [0.15, 0.2) is 22.7 Å². The minimum atomic E-state index is 0.658. The fourth-order valence-electron chi connectivity index (χ4n) is 2.11. The van der Waals surface area contributed by atoms with Gasteiger partial charge in [0.05, 0.1) is 5.02 Å². The molecule has 0 bridgehead atoms. The number of aromatic nitrogens is 2. The van der Waals surface area contributed by atoms with Gasteiger partial charge in [-0.15, -0.1) is 0 Å². The van der Waals surface area contributed by atoms with Crippen molar-refractivity contribution in [2.45, 2.75) is 33.6 Å². The number of nitrogens with zero attached hydrogens (tertiary/aromatic N) is 2. The Hall–Kier alpha value is -1.13. The van der Waals surface area contributed by atoms with Crippen LogP contribution in [-0.4, -0.2) is 16.5 Å². The lowest BCUT2D eigenvalue weighted by molar-refractivity contribution is 0.936. The summed E-state index contributed by atoms with van der Waals surface area (Å²) in [6, 6.07) is 5.72. The Balaban J connectivity index is 2.55. The number of rotatable bonds is 5. The van der Waals surface area contributed by atoms with Gasteiger partial charge in [0.15, 0.2) is 5.82 Å². The zero-order chi connectivity index (χ0) is 15.4. The molecular weight excluding hydrogens is 350 g/mol. The van der Waals surface area contributed by atoms with Gasteiger partial charge < -0.3 is 5.32 Å². The zero-order valence-corrected chi connectivity index (χ0v) is 14.8. The van der Waals surface area contributed by atoms with Crippen LogP contribution >= 0.6 is 27.5 Å². The molecule has 1 heterocycles. The maximum absolute atomic E-state index is 6.30. The third-order valence-electron chi connectivity index (χ3n) is 3.29. The number of anilines is 1. The predicted molar refractivity (Wildman–Crippen MR) is 93.1 cm³/mol. The fraction of sp³-hybridized carbons (Fsp3) is 0.375. The highest BCUT2D eigenvalue weighted by Crippen LogP contribution is 2.30. The SMILES string of the molecule is CCCNc1nc(-c2cc(Br)ccc2Cl)nc(CC)c1C. The average molecular weight is 369 g/mol. The summed E-state index contributed by atoms with van der Waals surface area (Å²) in [5, 5.41) is 4.03. The largest absolute Gasteiger partial charge is 0.370 e. The summed E-state index contributed by atoms with van der Waals surface area (Å²) in [4.78, 5) is 9.34. The molecule has 0 fully saturated rings. The molecule has 112 valence electrons. The van der Waals surface area contributed by atoms with E-state index in [2.05, 4.69) is 52.0 Å². The Morgan fingerprint density at radius 2 is 2.00 bits per heavy atom. The Labute approximate surface area is 139 Å². The van der Waals surface area contributed by atoms with E-state index in [-0.39, 0.29) is 0 Å². The van der Waals surface area contributed by atoms with Crippen LogP contribution in [-0.2, 0) is 6.42 Å². The summed E-state index contributed by atoms with van der Waals surface area (Å²) in [5.41, 5.74) is 3.01. The van der Waals surface area contributed by atoms with Gasteiger partial charge in [0.25, 0.3) is 0 Å². The van der Waals surface area contributed by atoms with Crippen molar-refractivity contribution >= 4 is 33.3 Å². The van der Waals surface area contributed by atoms with Crippen molar-refractivity contribution < 1.29 is 0 Å². The molecule has 0 spiro atoms.